The number of aryl methyl sites for hydroxylation is 1. The minimum absolute atomic E-state index is 0.349. The maximum atomic E-state index is 6.07. The number of rotatable bonds is 6. The second-order valence-electron chi connectivity index (χ2n) is 11.2. The van der Waals surface area contributed by atoms with Crippen LogP contribution in [0.25, 0.3) is 0 Å². The lowest BCUT2D eigenvalue weighted by Gasteiger charge is -2.65. The zero-order valence-corrected chi connectivity index (χ0v) is 18.3. The second kappa shape index (κ2) is 6.87. The van der Waals surface area contributed by atoms with Crippen LogP contribution in [0.2, 0.25) is 0 Å². The first-order valence-electron chi connectivity index (χ1n) is 11.4. The molecule has 0 saturated heterocycles. The van der Waals surface area contributed by atoms with E-state index in [0.717, 1.165) is 18.2 Å². The molecule has 2 aromatic rings. The highest BCUT2D eigenvalue weighted by molar-refractivity contribution is 5.30. The topological polar surface area (TPSA) is 21.3 Å². The van der Waals surface area contributed by atoms with Gasteiger partial charge in [0.2, 0.25) is 0 Å². The second-order valence-corrected chi connectivity index (χ2v) is 11.2. The highest BCUT2D eigenvalue weighted by Crippen LogP contribution is 2.66. The smallest absolute Gasteiger partial charge is 0.120 e. The first-order valence-corrected chi connectivity index (χ1v) is 11.4. The van der Waals surface area contributed by atoms with Crippen molar-refractivity contribution < 1.29 is 4.74 Å². The Bertz CT molecular complexity index is 868. The van der Waals surface area contributed by atoms with Gasteiger partial charge in [0.15, 0.2) is 0 Å². The van der Waals surface area contributed by atoms with Crippen molar-refractivity contribution in [1.29, 1.82) is 0 Å². The fraction of sp³-hybridized carbons (Fsp3) is 0.556. The monoisotopic (exact) mass is 389 g/mol. The molecule has 2 nitrogen and oxygen atoms in total. The van der Waals surface area contributed by atoms with E-state index in [9.17, 15) is 0 Å². The lowest BCUT2D eigenvalue weighted by atomic mass is 9.43. The van der Waals surface area contributed by atoms with Crippen LogP contribution in [0.3, 0.4) is 0 Å². The molecular weight excluding hydrogens is 354 g/mol. The molecule has 4 saturated carbocycles. The average Bonchev–Trinajstić information content (AvgIpc) is 2.64. The summed E-state index contributed by atoms with van der Waals surface area (Å²) in [5, 5.41) is 4.05. The summed E-state index contributed by atoms with van der Waals surface area (Å²) in [4.78, 5) is 0. The summed E-state index contributed by atoms with van der Waals surface area (Å²) in [7, 11) is 0. The molecule has 0 spiro atoms. The van der Waals surface area contributed by atoms with Crippen LogP contribution in [0.15, 0.2) is 48.5 Å². The molecule has 4 atom stereocenters. The van der Waals surface area contributed by atoms with Gasteiger partial charge in [-0.2, -0.15) is 0 Å². The summed E-state index contributed by atoms with van der Waals surface area (Å²) in [5.74, 6) is 1.90. The molecule has 4 bridgehead atoms. The number of benzene rings is 2. The molecule has 0 amide bonds. The van der Waals surface area contributed by atoms with Crippen LogP contribution in [0.1, 0.15) is 69.1 Å². The SMILES string of the molecule is Cc1ccc(COc2cccc(CNC34CC5C[C@@](C)(C3)C[C@](C)(C5)C4)c2)cc1. The van der Waals surface area contributed by atoms with Crippen LogP contribution < -0.4 is 10.1 Å². The van der Waals surface area contributed by atoms with E-state index in [1.165, 1.54) is 55.2 Å². The van der Waals surface area contributed by atoms with Crippen molar-refractivity contribution in [2.24, 2.45) is 16.7 Å². The Morgan fingerprint density at radius 1 is 0.897 bits per heavy atom. The van der Waals surface area contributed by atoms with Crippen molar-refractivity contribution in [3.63, 3.8) is 0 Å². The van der Waals surface area contributed by atoms with E-state index in [1.807, 2.05) is 0 Å². The summed E-state index contributed by atoms with van der Waals surface area (Å²) in [6, 6.07) is 17.2. The molecule has 29 heavy (non-hydrogen) atoms. The number of hydrogen-bond acceptors (Lipinski definition) is 2. The lowest BCUT2D eigenvalue weighted by molar-refractivity contribution is -0.118. The maximum Gasteiger partial charge on any atom is 0.120 e. The highest BCUT2D eigenvalue weighted by atomic mass is 16.5. The fourth-order valence-corrected chi connectivity index (χ4v) is 7.53. The van der Waals surface area contributed by atoms with E-state index in [4.69, 9.17) is 4.74 Å². The fourth-order valence-electron chi connectivity index (χ4n) is 7.53. The van der Waals surface area contributed by atoms with E-state index in [0.29, 0.717) is 23.0 Å². The minimum Gasteiger partial charge on any atom is -0.489 e. The van der Waals surface area contributed by atoms with E-state index < -0.39 is 0 Å². The first kappa shape index (κ1) is 19.2. The first-order chi connectivity index (χ1) is 13.8. The van der Waals surface area contributed by atoms with E-state index >= 15 is 0 Å². The van der Waals surface area contributed by atoms with Crippen molar-refractivity contribution in [2.45, 2.75) is 78.0 Å². The molecule has 4 aliphatic carbocycles. The highest BCUT2D eigenvalue weighted by Gasteiger charge is 2.59. The van der Waals surface area contributed by atoms with Crippen molar-refractivity contribution in [3.05, 3.63) is 65.2 Å². The van der Waals surface area contributed by atoms with Crippen LogP contribution in [0.4, 0.5) is 0 Å². The van der Waals surface area contributed by atoms with E-state index in [1.54, 1.807) is 0 Å². The maximum absolute atomic E-state index is 6.07. The standard InChI is InChI=1S/C27H35NO/c1-20-7-9-21(10-8-20)16-29-24-6-4-5-22(11-24)15-28-27-14-23-12-25(2,18-27)17-26(3,13-23)19-27/h4-11,23,28H,12-19H2,1-3H3/t23?,25-,26+,27?. The van der Waals surface area contributed by atoms with E-state index in [-0.39, 0.29) is 0 Å². The van der Waals surface area contributed by atoms with Gasteiger partial charge in [-0.05, 0) is 85.5 Å². The van der Waals surface area contributed by atoms with Gasteiger partial charge in [-0.1, -0.05) is 55.8 Å². The molecule has 0 aliphatic heterocycles. The molecule has 2 heteroatoms. The number of ether oxygens (including phenoxy) is 1. The van der Waals surface area contributed by atoms with Crippen LogP contribution in [0, 0.1) is 23.7 Å². The Balaban J connectivity index is 1.24. The molecule has 6 rings (SSSR count). The average molecular weight is 390 g/mol. The Labute approximate surface area is 176 Å². The number of hydrogen-bond donors (Lipinski definition) is 1. The van der Waals surface area contributed by atoms with E-state index in [2.05, 4.69) is 74.6 Å². The van der Waals surface area contributed by atoms with Crippen molar-refractivity contribution in [2.75, 3.05) is 0 Å². The third-order valence-corrected chi connectivity index (χ3v) is 7.72. The summed E-state index contributed by atoms with van der Waals surface area (Å²) in [6.45, 7) is 8.78. The van der Waals surface area contributed by atoms with Gasteiger partial charge in [-0.3, -0.25) is 0 Å². The normalized spacial score (nSPS) is 35.1. The summed E-state index contributed by atoms with van der Waals surface area (Å²) < 4.78 is 6.07. The van der Waals surface area contributed by atoms with Gasteiger partial charge in [0.1, 0.15) is 12.4 Å². The van der Waals surface area contributed by atoms with Gasteiger partial charge in [0.05, 0.1) is 0 Å². The van der Waals surface area contributed by atoms with Crippen molar-refractivity contribution >= 4 is 0 Å². The lowest BCUT2D eigenvalue weighted by Crippen LogP contribution is -2.63. The van der Waals surface area contributed by atoms with Crippen molar-refractivity contribution in [3.8, 4) is 5.75 Å². The predicted octanol–water partition coefficient (Wildman–Crippen LogP) is 6.41. The largest absolute Gasteiger partial charge is 0.489 e. The third-order valence-electron chi connectivity index (χ3n) is 7.72. The third kappa shape index (κ3) is 3.97. The van der Waals surface area contributed by atoms with Gasteiger partial charge < -0.3 is 10.1 Å². The molecule has 4 fully saturated rings. The molecule has 1 N–H and O–H groups in total. The summed E-state index contributed by atoms with van der Waals surface area (Å²) in [6.07, 6.45) is 8.43. The molecule has 2 unspecified atom stereocenters. The van der Waals surface area contributed by atoms with Gasteiger partial charge in [0.25, 0.3) is 0 Å². The molecule has 0 aromatic heterocycles. The zero-order valence-electron chi connectivity index (χ0n) is 18.3. The molecule has 2 aromatic carbocycles. The van der Waals surface area contributed by atoms with Gasteiger partial charge in [0, 0.05) is 12.1 Å². The van der Waals surface area contributed by atoms with Crippen LogP contribution in [0.5, 0.6) is 5.75 Å². The quantitative estimate of drug-likeness (QED) is 0.616. The molecule has 0 radical (unpaired) electrons. The van der Waals surface area contributed by atoms with Gasteiger partial charge in [-0.15, -0.1) is 0 Å². The molecule has 0 heterocycles. The minimum atomic E-state index is 0.349. The van der Waals surface area contributed by atoms with Crippen LogP contribution >= 0.6 is 0 Å². The van der Waals surface area contributed by atoms with Crippen molar-refractivity contribution in [1.82, 2.24) is 5.32 Å². The Hall–Kier alpha value is -1.80. The predicted molar refractivity (Wildman–Crippen MR) is 119 cm³/mol. The Kier molecular flexibility index (Phi) is 4.55. The van der Waals surface area contributed by atoms with Crippen LogP contribution in [-0.4, -0.2) is 5.54 Å². The molecular formula is C27H35NO. The van der Waals surface area contributed by atoms with Crippen LogP contribution in [-0.2, 0) is 13.2 Å². The number of nitrogens with one attached hydrogen (secondary N) is 1. The van der Waals surface area contributed by atoms with Gasteiger partial charge >= 0.3 is 0 Å². The zero-order chi connectivity index (χ0) is 20.1. The Morgan fingerprint density at radius 2 is 1.62 bits per heavy atom. The van der Waals surface area contributed by atoms with Gasteiger partial charge in [-0.25, -0.2) is 0 Å². The summed E-state index contributed by atoms with van der Waals surface area (Å²) >= 11 is 0. The summed E-state index contributed by atoms with van der Waals surface area (Å²) in [5.41, 5.74) is 5.29. The Morgan fingerprint density at radius 3 is 2.31 bits per heavy atom. The molecule has 4 aliphatic rings. The molecule has 154 valence electrons.